The highest BCUT2D eigenvalue weighted by Gasteiger charge is 2.21. The highest BCUT2D eigenvalue weighted by Crippen LogP contribution is 2.32. The molecule has 0 atom stereocenters. The van der Waals surface area contributed by atoms with Crippen molar-refractivity contribution in [3.05, 3.63) is 77.4 Å². The maximum absolute atomic E-state index is 12.3. The third-order valence-electron chi connectivity index (χ3n) is 4.32. The van der Waals surface area contributed by atoms with Gasteiger partial charge in [-0.1, -0.05) is 48.0 Å². The molecule has 1 aromatic carbocycles. The number of hydrogen-bond acceptors (Lipinski definition) is 5. The molecule has 0 saturated heterocycles. The molecule has 0 aromatic heterocycles. The van der Waals surface area contributed by atoms with Crippen molar-refractivity contribution in [1.82, 2.24) is 0 Å². The number of methoxy groups -OCH3 is 1. The zero-order valence-electron chi connectivity index (χ0n) is 15.1. The van der Waals surface area contributed by atoms with E-state index in [4.69, 9.17) is 8.92 Å². The number of rotatable bonds is 6. The van der Waals surface area contributed by atoms with Crippen molar-refractivity contribution in [3.8, 4) is 11.1 Å². The van der Waals surface area contributed by atoms with E-state index in [-0.39, 0.29) is 11.5 Å². The molecule has 0 unspecified atom stereocenters. The molecule has 5 nitrogen and oxygen atoms in total. The van der Waals surface area contributed by atoms with Crippen molar-refractivity contribution in [1.29, 1.82) is 0 Å². The minimum Gasteiger partial charge on any atom is -0.465 e. The van der Waals surface area contributed by atoms with Crippen molar-refractivity contribution in [3.63, 3.8) is 0 Å². The predicted molar refractivity (Wildman–Crippen MR) is 102 cm³/mol. The van der Waals surface area contributed by atoms with Crippen molar-refractivity contribution in [2.75, 3.05) is 13.7 Å². The number of benzene rings is 1. The molecule has 2 aliphatic carbocycles. The molecule has 0 spiro atoms. The number of hydrogen-bond donors (Lipinski definition) is 0. The van der Waals surface area contributed by atoms with Crippen LogP contribution < -0.4 is 0 Å². The van der Waals surface area contributed by atoms with Crippen LogP contribution >= 0.6 is 0 Å². The summed E-state index contributed by atoms with van der Waals surface area (Å²) in [5.74, 6) is -0.425. The van der Waals surface area contributed by atoms with Crippen molar-refractivity contribution < 1.29 is 22.1 Å². The third-order valence-corrected chi connectivity index (χ3v) is 5.64. The monoisotopic (exact) mass is 384 g/mol. The molecule has 0 fully saturated rings. The zero-order valence-corrected chi connectivity index (χ0v) is 16.0. The summed E-state index contributed by atoms with van der Waals surface area (Å²) >= 11 is 0. The van der Waals surface area contributed by atoms with Gasteiger partial charge < -0.3 is 4.74 Å². The Morgan fingerprint density at radius 3 is 2.30 bits per heavy atom. The van der Waals surface area contributed by atoms with Crippen LogP contribution in [0.3, 0.4) is 0 Å². The first kappa shape index (κ1) is 19.1. The average Bonchev–Trinajstić information content (AvgIpc) is 2.82. The molecule has 2 aliphatic rings. The highest BCUT2D eigenvalue weighted by atomic mass is 32.2. The summed E-state index contributed by atoms with van der Waals surface area (Å²) in [5, 5.41) is 0. The Kier molecular flexibility index (Phi) is 5.58. The van der Waals surface area contributed by atoms with Gasteiger partial charge in [-0.15, -0.1) is 0 Å². The fraction of sp³-hybridized carbons (Fsp3) is 0.190. The number of aryl methyl sites for hydroxylation is 1. The van der Waals surface area contributed by atoms with E-state index in [9.17, 15) is 13.2 Å². The standard InChI is InChI=1S/C21H20O5S/c1-15-8-10-17(11-9-15)27(23,24)26-13-12-16-14-20(21(22)25-2)19-7-5-3-4-6-18(16)19/h3-11,14H,12-13H2,1-2H3. The Morgan fingerprint density at radius 2 is 1.63 bits per heavy atom. The molecule has 0 radical (unpaired) electrons. The van der Waals surface area contributed by atoms with Crippen LogP contribution in [0.25, 0.3) is 11.1 Å². The first-order chi connectivity index (χ1) is 12.9. The summed E-state index contributed by atoms with van der Waals surface area (Å²) in [6.07, 6.45) is 0.350. The summed E-state index contributed by atoms with van der Waals surface area (Å²) in [6.45, 7) is 1.87. The van der Waals surface area contributed by atoms with Crippen molar-refractivity contribution >= 4 is 16.1 Å². The van der Waals surface area contributed by atoms with E-state index in [2.05, 4.69) is 0 Å². The van der Waals surface area contributed by atoms with Gasteiger partial charge in [0.1, 0.15) is 0 Å². The summed E-state index contributed by atoms with van der Waals surface area (Å²) in [7, 11) is -2.49. The molecule has 0 aliphatic heterocycles. The lowest BCUT2D eigenvalue weighted by atomic mass is 10.1. The Bertz CT molecular complexity index is 1020. The molecular formula is C21H20O5S. The molecular weight excluding hydrogens is 364 g/mol. The van der Waals surface area contributed by atoms with Crippen LogP contribution in [0.1, 0.15) is 21.5 Å². The van der Waals surface area contributed by atoms with E-state index in [1.165, 1.54) is 19.2 Å². The smallest absolute Gasteiger partial charge is 0.338 e. The molecule has 27 heavy (non-hydrogen) atoms. The van der Waals surface area contributed by atoms with Crippen LogP contribution in [0.15, 0.2) is 65.6 Å². The van der Waals surface area contributed by atoms with E-state index < -0.39 is 16.1 Å². The van der Waals surface area contributed by atoms with Gasteiger partial charge in [-0.05, 0) is 48.2 Å². The van der Waals surface area contributed by atoms with Gasteiger partial charge in [0, 0.05) is 0 Å². The van der Waals surface area contributed by atoms with Crippen LogP contribution in [0.2, 0.25) is 0 Å². The predicted octanol–water partition coefficient (Wildman–Crippen LogP) is 3.83. The van der Waals surface area contributed by atoms with Gasteiger partial charge in [0.05, 0.1) is 24.2 Å². The highest BCUT2D eigenvalue weighted by molar-refractivity contribution is 7.86. The van der Waals surface area contributed by atoms with Gasteiger partial charge in [-0.25, -0.2) is 4.79 Å². The molecule has 0 bridgehead atoms. The second-order valence-corrected chi connectivity index (χ2v) is 7.77. The molecule has 0 saturated carbocycles. The number of carbonyl (C=O) groups is 1. The van der Waals surface area contributed by atoms with E-state index >= 15 is 0 Å². The van der Waals surface area contributed by atoms with E-state index in [0.29, 0.717) is 12.0 Å². The number of fused-ring (bicyclic) bond motifs is 1. The maximum atomic E-state index is 12.3. The molecule has 6 heteroatoms. The summed E-state index contributed by atoms with van der Waals surface area (Å²) in [6, 6.07) is 17.6. The lowest BCUT2D eigenvalue weighted by Crippen LogP contribution is -2.09. The second-order valence-electron chi connectivity index (χ2n) is 6.15. The Labute approximate surface area is 159 Å². The number of carbonyl (C=O) groups excluding carboxylic acids is 1. The van der Waals surface area contributed by atoms with Crippen molar-refractivity contribution in [2.45, 2.75) is 18.2 Å². The first-order valence-electron chi connectivity index (χ1n) is 8.47. The van der Waals surface area contributed by atoms with Crippen molar-refractivity contribution in [2.24, 2.45) is 0 Å². The molecule has 0 heterocycles. The third kappa shape index (κ3) is 4.18. The fourth-order valence-electron chi connectivity index (χ4n) is 2.91. The van der Waals surface area contributed by atoms with Gasteiger partial charge in [-0.3, -0.25) is 4.18 Å². The van der Waals surface area contributed by atoms with Gasteiger partial charge >= 0.3 is 5.97 Å². The molecule has 140 valence electrons. The van der Waals surface area contributed by atoms with E-state index in [1.54, 1.807) is 18.2 Å². The van der Waals surface area contributed by atoms with Crippen LogP contribution in [0, 0.1) is 6.92 Å². The van der Waals surface area contributed by atoms with Crippen LogP contribution in [-0.2, 0) is 25.5 Å². The summed E-state index contributed by atoms with van der Waals surface area (Å²) < 4.78 is 34.7. The molecule has 3 rings (SSSR count). The lowest BCUT2D eigenvalue weighted by molar-refractivity contribution is 0.0602. The minimum atomic E-state index is -3.82. The largest absolute Gasteiger partial charge is 0.465 e. The van der Waals surface area contributed by atoms with E-state index in [0.717, 1.165) is 22.3 Å². The minimum absolute atomic E-state index is 0.0193. The zero-order chi connectivity index (χ0) is 19.4. The maximum Gasteiger partial charge on any atom is 0.338 e. The van der Waals surface area contributed by atoms with Gasteiger partial charge in [0.25, 0.3) is 10.1 Å². The second kappa shape index (κ2) is 7.90. The van der Waals surface area contributed by atoms with Crippen LogP contribution in [0.5, 0.6) is 0 Å². The quantitative estimate of drug-likeness (QED) is 0.477. The number of esters is 1. The Balaban J connectivity index is 1.79. The SMILES string of the molecule is COC(=O)c1cc(CCOS(=O)(=O)c2ccc(C)cc2)c2cccccc1-2. The molecule has 1 aromatic rings. The normalized spacial score (nSPS) is 11.5. The lowest BCUT2D eigenvalue weighted by Gasteiger charge is -2.06. The first-order valence-corrected chi connectivity index (χ1v) is 9.88. The van der Waals surface area contributed by atoms with Gasteiger partial charge in [0.15, 0.2) is 0 Å². The van der Waals surface area contributed by atoms with Crippen LogP contribution in [0.4, 0.5) is 0 Å². The summed E-state index contributed by atoms with van der Waals surface area (Å²) in [4.78, 5) is 12.2. The molecule has 0 amide bonds. The number of ether oxygens (including phenoxy) is 1. The van der Waals surface area contributed by atoms with Gasteiger partial charge in [0.2, 0.25) is 0 Å². The Morgan fingerprint density at radius 1 is 0.963 bits per heavy atom. The summed E-state index contributed by atoms with van der Waals surface area (Å²) in [5.41, 5.74) is 3.90. The van der Waals surface area contributed by atoms with Crippen LogP contribution in [-0.4, -0.2) is 28.1 Å². The average molecular weight is 384 g/mol. The van der Waals surface area contributed by atoms with E-state index in [1.807, 2.05) is 37.3 Å². The fourth-order valence-corrected chi connectivity index (χ4v) is 3.82. The molecule has 0 N–H and O–H groups in total. The Hall–Kier alpha value is -2.70. The topological polar surface area (TPSA) is 69.7 Å². The van der Waals surface area contributed by atoms with Gasteiger partial charge in [-0.2, -0.15) is 8.42 Å².